The van der Waals surface area contributed by atoms with Crippen molar-refractivity contribution in [3.63, 3.8) is 0 Å². The number of amides is 1. The molecule has 0 aromatic heterocycles. The summed E-state index contributed by atoms with van der Waals surface area (Å²) in [5.41, 5.74) is -0.753. The highest BCUT2D eigenvalue weighted by atomic mass is 32.2. The smallest absolute Gasteiger partial charge is 0.251 e. The van der Waals surface area contributed by atoms with Crippen LogP contribution < -0.4 is 10.1 Å². The summed E-state index contributed by atoms with van der Waals surface area (Å²) in [4.78, 5) is 18.3. The van der Waals surface area contributed by atoms with Crippen molar-refractivity contribution in [2.24, 2.45) is 4.99 Å². The summed E-state index contributed by atoms with van der Waals surface area (Å²) in [6.07, 6.45) is 0.432. The van der Waals surface area contributed by atoms with Gasteiger partial charge in [-0.2, -0.15) is 0 Å². The quantitative estimate of drug-likeness (QED) is 0.368. The summed E-state index contributed by atoms with van der Waals surface area (Å²) >= 11 is 0. The molecule has 0 saturated heterocycles. The van der Waals surface area contributed by atoms with Crippen molar-refractivity contribution in [1.29, 1.82) is 0 Å². The number of sulfone groups is 1. The van der Waals surface area contributed by atoms with Crippen LogP contribution >= 0.6 is 0 Å². The van der Waals surface area contributed by atoms with Gasteiger partial charge in [0.25, 0.3) is 5.91 Å². The minimum Gasteiger partial charge on any atom is -0.494 e. The first-order valence-corrected chi connectivity index (χ1v) is 13.6. The van der Waals surface area contributed by atoms with Crippen molar-refractivity contribution in [3.8, 4) is 5.75 Å². The van der Waals surface area contributed by atoms with Crippen molar-refractivity contribution < 1.29 is 32.5 Å². The number of nitrogens with one attached hydrogen (secondary N) is 1. The van der Waals surface area contributed by atoms with Crippen LogP contribution in [0.3, 0.4) is 0 Å². The fraction of sp³-hybridized carbons (Fsp3) is 0.462. The zero-order valence-corrected chi connectivity index (χ0v) is 21.5. The van der Waals surface area contributed by atoms with Gasteiger partial charge in [0.15, 0.2) is 15.4 Å². The lowest BCUT2D eigenvalue weighted by Crippen LogP contribution is -2.52. The average Bonchev–Trinajstić information content (AvgIpc) is 3.23. The lowest BCUT2D eigenvalue weighted by Gasteiger charge is -2.28. The molecule has 0 unspecified atom stereocenters. The molecular weight excluding hydrogens is 484 g/mol. The number of hydrogen-bond acceptors (Lipinski definition) is 8. The van der Waals surface area contributed by atoms with Crippen LogP contribution in [0, 0.1) is 0 Å². The molecule has 196 valence electrons. The molecule has 0 fully saturated rings. The molecule has 0 aliphatic carbocycles. The Hall–Kier alpha value is -2.95. The SMILES string of the molecule is COCCCNC(=O)[C@]1(CCS(=O)(=O)c2ccccc2)N=C(c2ccc(OCCCO)cc2)O[C@@H]1C. The van der Waals surface area contributed by atoms with E-state index in [2.05, 4.69) is 10.3 Å². The van der Waals surface area contributed by atoms with Gasteiger partial charge in [0.2, 0.25) is 5.90 Å². The van der Waals surface area contributed by atoms with Gasteiger partial charge in [-0.3, -0.25) is 4.79 Å². The van der Waals surface area contributed by atoms with Gasteiger partial charge in [0.05, 0.1) is 17.3 Å². The van der Waals surface area contributed by atoms with Crippen LogP contribution in [-0.4, -0.2) is 76.2 Å². The number of nitrogens with zero attached hydrogens (tertiary/aromatic N) is 1. The highest BCUT2D eigenvalue weighted by Crippen LogP contribution is 2.33. The van der Waals surface area contributed by atoms with Crippen LogP contribution in [0.5, 0.6) is 5.75 Å². The minimum atomic E-state index is -3.63. The van der Waals surface area contributed by atoms with E-state index in [0.717, 1.165) is 0 Å². The number of aliphatic imine (C=N–C) groups is 1. The molecule has 36 heavy (non-hydrogen) atoms. The summed E-state index contributed by atoms with van der Waals surface area (Å²) in [5.74, 6) is 0.266. The first-order valence-electron chi connectivity index (χ1n) is 12.0. The number of carbonyl (C=O) groups is 1. The zero-order chi connectivity index (χ0) is 26.0. The highest BCUT2D eigenvalue weighted by Gasteiger charge is 2.50. The number of carbonyl (C=O) groups excluding carboxylic acids is 1. The first kappa shape index (κ1) is 27.6. The number of benzene rings is 2. The van der Waals surface area contributed by atoms with E-state index in [1.54, 1.807) is 68.6 Å². The van der Waals surface area contributed by atoms with Gasteiger partial charge >= 0.3 is 0 Å². The van der Waals surface area contributed by atoms with E-state index in [1.165, 1.54) is 0 Å². The molecule has 9 nitrogen and oxygen atoms in total. The molecule has 10 heteroatoms. The monoisotopic (exact) mass is 518 g/mol. The molecule has 1 aliphatic heterocycles. The van der Waals surface area contributed by atoms with Crippen LogP contribution in [0.25, 0.3) is 0 Å². The van der Waals surface area contributed by atoms with Crippen LogP contribution in [0.15, 0.2) is 64.5 Å². The highest BCUT2D eigenvalue weighted by molar-refractivity contribution is 7.91. The predicted octanol–water partition coefficient (Wildman–Crippen LogP) is 2.37. The van der Waals surface area contributed by atoms with Crippen molar-refractivity contribution >= 4 is 21.6 Å². The van der Waals surface area contributed by atoms with Gasteiger partial charge in [-0.05, 0) is 56.2 Å². The standard InChI is InChI=1S/C26H34N2O7S/c1-20-26(25(30)27-15-6-17-33-2,14-19-36(31,32)23-8-4-3-5-9-23)28-24(35-20)21-10-12-22(13-11-21)34-18-7-16-29/h3-5,8-13,20,29H,6-7,14-19H2,1-2H3,(H,27,30)/t20-,26-/m1/s1. The second-order valence-corrected chi connectivity index (χ2v) is 10.6. The number of hydrogen-bond donors (Lipinski definition) is 2. The van der Waals surface area contributed by atoms with E-state index in [0.29, 0.717) is 43.9 Å². The Morgan fingerprint density at radius 2 is 1.83 bits per heavy atom. The Balaban J connectivity index is 1.84. The molecule has 1 heterocycles. The molecule has 2 atom stereocenters. The van der Waals surface area contributed by atoms with Crippen molar-refractivity contribution in [1.82, 2.24) is 5.32 Å². The van der Waals surface area contributed by atoms with E-state index in [1.807, 2.05) is 0 Å². The normalized spacial score (nSPS) is 19.4. The summed E-state index contributed by atoms with van der Waals surface area (Å²) in [5, 5.41) is 11.8. The average molecular weight is 519 g/mol. The van der Waals surface area contributed by atoms with Crippen LogP contribution in [0.4, 0.5) is 0 Å². The number of aliphatic hydroxyl groups is 1. The number of rotatable bonds is 14. The van der Waals surface area contributed by atoms with Gasteiger partial charge in [-0.15, -0.1) is 0 Å². The Bertz CT molecular complexity index is 1120. The third-order valence-electron chi connectivity index (χ3n) is 5.99. The predicted molar refractivity (Wildman–Crippen MR) is 136 cm³/mol. The molecule has 0 bridgehead atoms. The van der Waals surface area contributed by atoms with E-state index in [4.69, 9.17) is 19.3 Å². The second-order valence-electron chi connectivity index (χ2n) is 8.54. The van der Waals surface area contributed by atoms with E-state index >= 15 is 0 Å². The van der Waals surface area contributed by atoms with Crippen molar-refractivity contribution in [2.45, 2.75) is 42.7 Å². The molecule has 1 amide bonds. The Kier molecular flexibility index (Phi) is 9.86. The Labute approximate surface area is 212 Å². The topological polar surface area (TPSA) is 124 Å². The second kappa shape index (κ2) is 12.8. The maximum atomic E-state index is 13.4. The molecule has 2 aromatic rings. The van der Waals surface area contributed by atoms with Gasteiger partial charge in [0.1, 0.15) is 11.9 Å². The zero-order valence-electron chi connectivity index (χ0n) is 20.7. The largest absolute Gasteiger partial charge is 0.494 e. The molecular formula is C26H34N2O7S. The maximum Gasteiger partial charge on any atom is 0.251 e. The van der Waals surface area contributed by atoms with Crippen LogP contribution in [0.2, 0.25) is 0 Å². The fourth-order valence-corrected chi connectivity index (χ4v) is 5.25. The minimum absolute atomic E-state index is 0.0344. The fourth-order valence-electron chi connectivity index (χ4n) is 3.86. The summed E-state index contributed by atoms with van der Waals surface area (Å²) < 4.78 is 42.6. The molecule has 2 aromatic carbocycles. The summed E-state index contributed by atoms with van der Waals surface area (Å²) in [6, 6.07) is 15.2. The molecule has 2 N–H and O–H groups in total. The summed E-state index contributed by atoms with van der Waals surface area (Å²) in [6.45, 7) is 3.04. The van der Waals surface area contributed by atoms with Gasteiger partial charge in [0, 0.05) is 38.9 Å². The van der Waals surface area contributed by atoms with E-state index in [-0.39, 0.29) is 35.5 Å². The lowest BCUT2D eigenvalue weighted by atomic mass is 9.90. The lowest BCUT2D eigenvalue weighted by molar-refractivity contribution is -0.128. The third-order valence-corrected chi connectivity index (χ3v) is 7.72. The Morgan fingerprint density at radius 1 is 1.11 bits per heavy atom. The van der Waals surface area contributed by atoms with Crippen LogP contribution in [0.1, 0.15) is 31.7 Å². The van der Waals surface area contributed by atoms with Gasteiger partial charge < -0.3 is 24.6 Å². The van der Waals surface area contributed by atoms with Crippen molar-refractivity contribution in [2.75, 3.05) is 39.2 Å². The molecule has 0 spiro atoms. The van der Waals surface area contributed by atoms with Gasteiger partial charge in [-0.25, -0.2) is 13.4 Å². The van der Waals surface area contributed by atoms with Gasteiger partial charge in [-0.1, -0.05) is 18.2 Å². The maximum absolute atomic E-state index is 13.4. The number of ether oxygens (including phenoxy) is 3. The van der Waals surface area contributed by atoms with Crippen molar-refractivity contribution in [3.05, 3.63) is 60.2 Å². The third kappa shape index (κ3) is 6.83. The van der Waals surface area contributed by atoms with Crippen LogP contribution in [-0.2, 0) is 24.1 Å². The van der Waals surface area contributed by atoms with E-state index in [9.17, 15) is 13.2 Å². The molecule has 0 saturated carbocycles. The first-order chi connectivity index (χ1) is 17.3. The van der Waals surface area contributed by atoms with E-state index < -0.39 is 21.5 Å². The number of aliphatic hydroxyl groups excluding tert-OH is 1. The Morgan fingerprint density at radius 3 is 2.50 bits per heavy atom. The molecule has 0 radical (unpaired) electrons. The molecule has 1 aliphatic rings. The summed E-state index contributed by atoms with van der Waals surface area (Å²) in [7, 11) is -2.04. The molecule has 3 rings (SSSR count). The number of methoxy groups -OCH3 is 1.